The van der Waals surface area contributed by atoms with Crippen molar-refractivity contribution in [3.8, 4) is 0 Å². The predicted octanol–water partition coefficient (Wildman–Crippen LogP) is 6.83. The van der Waals surface area contributed by atoms with Crippen LogP contribution in [0.1, 0.15) is 56.5 Å². The highest BCUT2D eigenvalue weighted by molar-refractivity contribution is 9.10. The summed E-state index contributed by atoms with van der Waals surface area (Å²) in [5, 5.41) is 5.79. The molecule has 1 atom stereocenters. The molecule has 0 fully saturated rings. The summed E-state index contributed by atoms with van der Waals surface area (Å²) in [6, 6.07) is 8.18. The SMILES string of the molecule is CCC(C)(C)[C@H]1CCc2sc3ncnc(N/N=C(/C)c4ccc(Br)cc4)c3c2C1. The van der Waals surface area contributed by atoms with Gasteiger partial charge in [0.2, 0.25) is 0 Å². The molecule has 0 unspecified atom stereocenters. The van der Waals surface area contributed by atoms with Gasteiger partial charge in [0.05, 0.1) is 11.1 Å². The second-order valence-corrected chi connectivity index (χ2v) is 10.5. The summed E-state index contributed by atoms with van der Waals surface area (Å²) in [4.78, 5) is 11.6. The fraction of sp³-hybridized carbons (Fsp3) is 0.435. The van der Waals surface area contributed by atoms with Gasteiger partial charge in [0, 0.05) is 9.35 Å². The van der Waals surface area contributed by atoms with Crippen LogP contribution in [0.4, 0.5) is 5.82 Å². The molecular formula is C23H27BrN4S. The van der Waals surface area contributed by atoms with E-state index in [2.05, 4.69) is 69.3 Å². The molecule has 29 heavy (non-hydrogen) atoms. The number of halogens is 1. The van der Waals surface area contributed by atoms with Crippen molar-refractivity contribution in [3.05, 3.63) is 51.1 Å². The van der Waals surface area contributed by atoms with Gasteiger partial charge in [-0.25, -0.2) is 9.97 Å². The van der Waals surface area contributed by atoms with Crippen molar-refractivity contribution in [2.24, 2.45) is 16.4 Å². The maximum atomic E-state index is 4.62. The number of anilines is 1. The maximum Gasteiger partial charge on any atom is 0.158 e. The lowest BCUT2D eigenvalue weighted by atomic mass is 9.69. The number of fused-ring (bicyclic) bond motifs is 3. The molecule has 0 bridgehead atoms. The van der Waals surface area contributed by atoms with E-state index in [0.29, 0.717) is 11.3 Å². The van der Waals surface area contributed by atoms with Gasteiger partial charge >= 0.3 is 0 Å². The number of rotatable bonds is 5. The maximum absolute atomic E-state index is 4.62. The summed E-state index contributed by atoms with van der Waals surface area (Å²) in [6.45, 7) is 9.12. The third kappa shape index (κ3) is 4.10. The van der Waals surface area contributed by atoms with Crippen molar-refractivity contribution in [1.29, 1.82) is 0 Å². The van der Waals surface area contributed by atoms with Gasteiger partial charge in [-0.05, 0) is 60.8 Å². The number of benzene rings is 1. The lowest BCUT2D eigenvalue weighted by Crippen LogP contribution is -2.28. The fourth-order valence-electron chi connectivity index (χ4n) is 4.04. The van der Waals surface area contributed by atoms with E-state index in [1.54, 1.807) is 6.33 Å². The minimum atomic E-state index is 0.353. The highest BCUT2D eigenvalue weighted by Crippen LogP contribution is 2.45. The van der Waals surface area contributed by atoms with Crippen LogP contribution >= 0.6 is 27.3 Å². The molecule has 6 heteroatoms. The van der Waals surface area contributed by atoms with Gasteiger partial charge in [-0.15, -0.1) is 11.3 Å². The minimum Gasteiger partial charge on any atom is -0.260 e. The van der Waals surface area contributed by atoms with Crippen molar-refractivity contribution in [2.45, 2.75) is 53.4 Å². The van der Waals surface area contributed by atoms with Gasteiger partial charge in [0.15, 0.2) is 5.82 Å². The molecule has 0 spiro atoms. The van der Waals surface area contributed by atoms with E-state index >= 15 is 0 Å². The van der Waals surface area contributed by atoms with Gasteiger partial charge in [-0.1, -0.05) is 55.3 Å². The van der Waals surface area contributed by atoms with E-state index in [1.807, 2.05) is 30.4 Å². The smallest absolute Gasteiger partial charge is 0.158 e. The summed E-state index contributed by atoms with van der Waals surface area (Å²) >= 11 is 5.30. The number of hydrazone groups is 1. The minimum absolute atomic E-state index is 0.353. The third-order valence-electron chi connectivity index (χ3n) is 6.45. The molecule has 152 valence electrons. The number of thiophene rings is 1. The standard InChI is InChI=1S/C23H27BrN4S/c1-5-23(3,4)16-8-11-19-18(12-16)20-21(25-13-26-22(20)29-19)28-27-14(2)15-6-9-17(24)10-7-15/h6-7,9-10,13,16H,5,8,11-12H2,1-4H3,(H,25,26,28)/b27-14-/t16-/m0/s1. The van der Waals surface area contributed by atoms with Crippen molar-refractivity contribution < 1.29 is 0 Å². The van der Waals surface area contributed by atoms with Crippen LogP contribution in [0.5, 0.6) is 0 Å². The number of nitrogens with zero attached hydrogens (tertiary/aromatic N) is 3. The molecule has 4 rings (SSSR count). The molecule has 0 radical (unpaired) electrons. The molecule has 2 heterocycles. The molecule has 2 aromatic heterocycles. The molecule has 1 aliphatic rings. The van der Waals surface area contributed by atoms with Gasteiger partial charge in [-0.3, -0.25) is 5.43 Å². The Kier molecular flexibility index (Phi) is 5.76. The highest BCUT2D eigenvalue weighted by atomic mass is 79.9. The molecule has 0 saturated heterocycles. The Morgan fingerprint density at radius 1 is 1.28 bits per heavy atom. The van der Waals surface area contributed by atoms with Crippen LogP contribution in [-0.2, 0) is 12.8 Å². The first-order valence-corrected chi connectivity index (χ1v) is 11.8. The second-order valence-electron chi connectivity index (χ2n) is 8.50. The normalized spacial score (nSPS) is 17.4. The Balaban J connectivity index is 1.67. The lowest BCUT2D eigenvalue weighted by Gasteiger charge is -2.36. The van der Waals surface area contributed by atoms with Gasteiger partial charge in [0.1, 0.15) is 11.2 Å². The molecule has 3 aromatic rings. The summed E-state index contributed by atoms with van der Waals surface area (Å²) in [6.07, 6.45) is 6.36. The van der Waals surface area contributed by atoms with E-state index in [0.717, 1.165) is 44.6 Å². The topological polar surface area (TPSA) is 50.2 Å². The Labute approximate surface area is 185 Å². The van der Waals surface area contributed by atoms with Crippen LogP contribution in [0.15, 0.2) is 40.2 Å². The van der Waals surface area contributed by atoms with Crippen molar-refractivity contribution in [3.63, 3.8) is 0 Å². The zero-order valence-corrected chi connectivity index (χ0v) is 19.8. The second kappa shape index (κ2) is 8.15. The van der Waals surface area contributed by atoms with E-state index in [1.165, 1.54) is 23.3 Å². The Morgan fingerprint density at radius 3 is 2.76 bits per heavy atom. The first-order valence-electron chi connectivity index (χ1n) is 10.2. The number of nitrogens with one attached hydrogen (secondary N) is 1. The number of aromatic nitrogens is 2. The summed E-state index contributed by atoms with van der Waals surface area (Å²) < 4.78 is 1.06. The van der Waals surface area contributed by atoms with E-state index in [4.69, 9.17) is 0 Å². The van der Waals surface area contributed by atoms with E-state index < -0.39 is 0 Å². The van der Waals surface area contributed by atoms with Crippen LogP contribution in [0.2, 0.25) is 0 Å². The van der Waals surface area contributed by atoms with Crippen LogP contribution in [0, 0.1) is 11.3 Å². The Bertz CT molecular complexity index is 1050. The van der Waals surface area contributed by atoms with Crippen molar-refractivity contribution >= 4 is 49.0 Å². The molecule has 1 aromatic carbocycles. The van der Waals surface area contributed by atoms with Gasteiger partial charge in [-0.2, -0.15) is 5.10 Å². The van der Waals surface area contributed by atoms with Gasteiger partial charge in [0.25, 0.3) is 0 Å². The zero-order chi connectivity index (χ0) is 20.6. The third-order valence-corrected chi connectivity index (χ3v) is 8.18. The quantitative estimate of drug-likeness (QED) is 0.328. The summed E-state index contributed by atoms with van der Waals surface area (Å²) in [5.74, 6) is 1.51. The van der Waals surface area contributed by atoms with Crippen LogP contribution in [0.3, 0.4) is 0 Å². The van der Waals surface area contributed by atoms with Crippen molar-refractivity contribution in [1.82, 2.24) is 9.97 Å². The summed E-state index contributed by atoms with van der Waals surface area (Å²) in [7, 11) is 0. The number of hydrogen-bond donors (Lipinski definition) is 1. The molecule has 0 amide bonds. The average molecular weight is 471 g/mol. The molecule has 0 saturated carbocycles. The number of aryl methyl sites for hydroxylation is 1. The molecular weight excluding hydrogens is 444 g/mol. The fourth-order valence-corrected chi connectivity index (χ4v) is 5.49. The first kappa shape index (κ1) is 20.5. The monoisotopic (exact) mass is 470 g/mol. The molecule has 4 nitrogen and oxygen atoms in total. The van der Waals surface area contributed by atoms with E-state index in [-0.39, 0.29) is 0 Å². The first-order chi connectivity index (χ1) is 13.9. The summed E-state index contributed by atoms with van der Waals surface area (Å²) in [5.41, 5.74) is 7.04. The van der Waals surface area contributed by atoms with Crippen LogP contribution in [0.25, 0.3) is 10.2 Å². The van der Waals surface area contributed by atoms with E-state index in [9.17, 15) is 0 Å². The zero-order valence-electron chi connectivity index (χ0n) is 17.4. The number of hydrogen-bond acceptors (Lipinski definition) is 5. The predicted molar refractivity (Wildman–Crippen MR) is 127 cm³/mol. The Morgan fingerprint density at radius 2 is 2.03 bits per heavy atom. The van der Waals surface area contributed by atoms with Crippen LogP contribution in [-0.4, -0.2) is 15.7 Å². The molecule has 1 aliphatic carbocycles. The largest absolute Gasteiger partial charge is 0.260 e. The van der Waals surface area contributed by atoms with Crippen LogP contribution < -0.4 is 5.43 Å². The molecule has 0 aliphatic heterocycles. The lowest BCUT2D eigenvalue weighted by molar-refractivity contribution is 0.184. The molecule has 1 N–H and O–H groups in total. The Hall–Kier alpha value is -1.79. The highest BCUT2D eigenvalue weighted by Gasteiger charge is 2.33. The average Bonchev–Trinajstić information content (AvgIpc) is 3.11. The van der Waals surface area contributed by atoms with Crippen molar-refractivity contribution in [2.75, 3.05) is 5.43 Å². The van der Waals surface area contributed by atoms with Gasteiger partial charge < -0.3 is 0 Å².